The molecule has 146 valence electrons. The Kier molecular flexibility index (Phi) is 4.88. The summed E-state index contributed by atoms with van der Waals surface area (Å²) in [5.74, 6) is 1.30. The molecule has 0 spiro atoms. The van der Waals surface area contributed by atoms with Crippen LogP contribution in [-0.4, -0.2) is 45.5 Å². The third-order valence-electron chi connectivity index (χ3n) is 4.49. The Labute approximate surface area is 163 Å². The molecule has 0 saturated carbocycles. The fraction of sp³-hybridized carbons (Fsp3) is 0.333. The van der Waals surface area contributed by atoms with E-state index < -0.39 is 11.7 Å². The number of halogens is 3. The van der Waals surface area contributed by atoms with E-state index in [1.807, 2.05) is 16.7 Å². The van der Waals surface area contributed by atoms with Gasteiger partial charge >= 0.3 is 6.18 Å². The van der Waals surface area contributed by atoms with Gasteiger partial charge in [0, 0.05) is 38.1 Å². The number of piperazine rings is 1. The first-order valence-corrected chi connectivity index (χ1v) is 9.48. The summed E-state index contributed by atoms with van der Waals surface area (Å²) in [5, 5.41) is 0.740. The lowest BCUT2D eigenvalue weighted by molar-refractivity contribution is -0.137. The van der Waals surface area contributed by atoms with E-state index in [2.05, 4.69) is 19.3 Å². The first kappa shape index (κ1) is 18.6. The predicted molar refractivity (Wildman–Crippen MR) is 102 cm³/mol. The van der Waals surface area contributed by atoms with Gasteiger partial charge in [0.2, 0.25) is 5.95 Å². The van der Waals surface area contributed by atoms with Gasteiger partial charge in [0.25, 0.3) is 0 Å². The molecule has 2 aromatic heterocycles. The van der Waals surface area contributed by atoms with Crippen LogP contribution in [0, 0.1) is 6.92 Å². The van der Waals surface area contributed by atoms with Gasteiger partial charge in [0.1, 0.15) is 11.5 Å². The van der Waals surface area contributed by atoms with Gasteiger partial charge in [-0.15, -0.1) is 0 Å². The zero-order valence-electron chi connectivity index (χ0n) is 15.0. The van der Waals surface area contributed by atoms with Gasteiger partial charge in [-0.1, -0.05) is 6.07 Å². The van der Waals surface area contributed by atoms with Crippen LogP contribution in [0.1, 0.15) is 11.4 Å². The van der Waals surface area contributed by atoms with Crippen molar-refractivity contribution in [1.29, 1.82) is 0 Å². The summed E-state index contributed by atoms with van der Waals surface area (Å²) < 4.78 is 43.0. The van der Waals surface area contributed by atoms with Crippen molar-refractivity contribution in [2.24, 2.45) is 0 Å². The molecule has 3 aromatic rings. The molecule has 4 rings (SSSR count). The highest BCUT2D eigenvalue weighted by atomic mass is 32.1. The smallest absolute Gasteiger partial charge is 0.368 e. The Balaban J connectivity index is 1.46. The van der Waals surface area contributed by atoms with Gasteiger partial charge < -0.3 is 9.80 Å². The van der Waals surface area contributed by atoms with E-state index in [1.54, 1.807) is 18.3 Å². The molecule has 0 N–H and O–H groups in total. The summed E-state index contributed by atoms with van der Waals surface area (Å²) in [4.78, 5) is 17.2. The van der Waals surface area contributed by atoms with Crippen LogP contribution in [0.25, 0.3) is 10.7 Å². The van der Waals surface area contributed by atoms with Crippen molar-refractivity contribution in [3.05, 3.63) is 47.9 Å². The summed E-state index contributed by atoms with van der Waals surface area (Å²) >= 11 is 1.29. The molecular formula is C18H17F3N6S. The van der Waals surface area contributed by atoms with Gasteiger partial charge in [-0.3, -0.25) is 0 Å². The molecule has 1 aliphatic heterocycles. The average Bonchev–Trinajstić information content (AvgIpc) is 3.14. The van der Waals surface area contributed by atoms with Gasteiger partial charge in [0.05, 0.1) is 5.56 Å². The maximum Gasteiger partial charge on any atom is 0.416 e. The highest BCUT2D eigenvalue weighted by Gasteiger charge is 2.31. The van der Waals surface area contributed by atoms with Crippen LogP contribution in [0.4, 0.5) is 24.8 Å². The minimum absolute atomic E-state index is 0.577. The standard InChI is InChI=1S/C18H17F3N6S/c1-12-23-16(28-25-12)15-5-6-22-17(24-15)27-9-7-26(8-10-27)14-4-2-3-13(11-14)18(19,20)21/h2-6,11H,7-10H2,1H3. The highest BCUT2D eigenvalue weighted by molar-refractivity contribution is 7.09. The molecule has 6 nitrogen and oxygen atoms in total. The number of hydrogen-bond donors (Lipinski definition) is 0. The summed E-state index contributed by atoms with van der Waals surface area (Å²) in [6.07, 6.45) is -2.65. The zero-order chi connectivity index (χ0) is 19.7. The Bertz CT molecular complexity index is 966. The molecule has 10 heteroatoms. The van der Waals surface area contributed by atoms with Crippen LogP contribution in [-0.2, 0) is 6.18 Å². The monoisotopic (exact) mass is 406 g/mol. The molecule has 1 fully saturated rings. The normalized spacial score (nSPS) is 15.1. The molecule has 0 bridgehead atoms. The number of rotatable bonds is 3. The lowest BCUT2D eigenvalue weighted by Gasteiger charge is -2.36. The van der Waals surface area contributed by atoms with Crippen LogP contribution in [0.3, 0.4) is 0 Å². The summed E-state index contributed by atoms with van der Waals surface area (Å²) in [5.41, 5.74) is 0.667. The molecule has 1 saturated heterocycles. The van der Waals surface area contributed by atoms with Crippen molar-refractivity contribution < 1.29 is 13.2 Å². The van der Waals surface area contributed by atoms with Gasteiger partial charge in [-0.2, -0.15) is 17.5 Å². The van der Waals surface area contributed by atoms with Crippen molar-refractivity contribution >= 4 is 23.2 Å². The average molecular weight is 406 g/mol. The summed E-state index contributed by atoms with van der Waals surface area (Å²) in [6.45, 7) is 4.25. The van der Waals surface area contributed by atoms with E-state index in [9.17, 15) is 13.2 Å². The Hall–Kier alpha value is -2.75. The third kappa shape index (κ3) is 3.91. The maximum absolute atomic E-state index is 12.9. The van der Waals surface area contributed by atoms with Crippen LogP contribution in [0.5, 0.6) is 0 Å². The number of aromatic nitrogens is 4. The Morgan fingerprint density at radius 2 is 1.75 bits per heavy atom. The molecule has 0 aliphatic carbocycles. The van der Waals surface area contributed by atoms with Gasteiger partial charge in [0.15, 0.2) is 5.01 Å². The fourth-order valence-electron chi connectivity index (χ4n) is 3.06. The Morgan fingerprint density at radius 3 is 2.43 bits per heavy atom. The van der Waals surface area contributed by atoms with Crippen molar-refractivity contribution in [2.75, 3.05) is 36.0 Å². The lowest BCUT2D eigenvalue weighted by Crippen LogP contribution is -2.47. The first-order valence-electron chi connectivity index (χ1n) is 8.71. The van der Waals surface area contributed by atoms with Gasteiger partial charge in [-0.25, -0.2) is 15.0 Å². The SMILES string of the molecule is Cc1nsc(-c2ccnc(N3CCN(c4cccc(C(F)(F)F)c4)CC3)n2)n1. The second-order valence-electron chi connectivity index (χ2n) is 6.41. The van der Waals surface area contributed by atoms with E-state index in [0.717, 1.165) is 16.8 Å². The van der Waals surface area contributed by atoms with Crippen molar-refractivity contribution in [2.45, 2.75) is 13.1 Å². The fourth-order valence-corrected chi connectivity index (χ4v) is 3.70. The lowest BCUT2D eigenvalue weighted by atomic mass is 10.1. The van der Waals surface area contributed by atoms with E-state index in [0.29, 0.717) is 43.6 Å². The van der Waals surface area contributed by atoms with E-state index in [-0.39, 0.29) is 0 Å². The molecular weight excluding hydrogens is 389 g/mol. The van der Waals surface area contributed by atoms with Crippen LogP contribution in [0.15, 0.2) is 36.5 Å². The van der Waals surface area contributed by atoms with Crippen LogP contribution < -0.4 is 9.80 Å². The molecule has 3 heterocycles. The molecule has 0 unspecified atom stereocenters. The minimum atomic E-state index is -4.34. The van der Waals surface area contributed by atoms with Crippen molar-refractivity contribution in [3.8, 4) is 10.7 Å². The molecule has 28 heavy (non-hydrogen) atoms. The second kappa shape index (κ2) is 7.34. The molecule has 0 radical (unpaired) electrons. The van der Waals surface area contributed by atoms with Crippen molar-refractivity contribution in [1.82, 2.24) is 19.3 Å². The number of aryl methyl sites for hydroxylation is 1. The molecule has 0 amide bonds. The summed E-state index contributed by atoms with van der Waals surface area (Å²) in [7, 11) is 0. The maximum atomic E-state index is 12.9. The second-order valence-corrected chi connectivity index (χ2v) is 7.16. The number of alkyl halides is 3. The molecule has 1 aromatic carbocycles. The first-order chi connectivity index (χ1) is 13.4. The van der Waals surface area contributed by atoms with E-state index >= 15 is 0 Å². The highest BCUT2D eigenvalue weighted by Crippen LogP contribution is 2.32. The zero-order valence-corrected chi connectivity index (χ0v) is 15.8. The molecule has 0 atom stereocenters. The number of nitrogens with zero attached hydrogens (tertiary/aromatic N) is 6. The Morgan fingerprint density at radius 1 is 1.00 bits per heavy atom. The van der Waals surface area contributed by atoms with Gasteiger partial charge in [-0.05, 0) is 42.7 Å². The third-order valence-corrected chi connectivity index (χ3v) is 5.32. The van der Waals surface area contributed by atoms with E-state index in [4.69, 9.17) is 0 Å². The largest absolute Gasteiger partial charge is 0.416 e. The summed E-state index contributed by atoms with van der Waals surface area (Å²) in [6, 6.07) is 7.24. The van der Waals surface area contributed by atoms with Crippen molar-refractivity contribution in [3.63, 3.8) is 0 Å². The van der Waals surface area contributed by atoms with Crippen LogP contribution >= 0.6 is 11.5 Å². The van der Waals surface area contributed by atoms with Crippen LogP contribution in [0.2, 0.25) is 0 Å². The molecule has 1 aliphatic rings. The quantitative estimate of drug-likeness (QED) is 0.662. The number of anilines is 2. The topological polar surface area (TPSA) is 58.0 Å². The van der Waals surface area contributed by atoms with E-state index in [1.165, 1.54) is 23.7 Å². The number of hydrogen-bond acceptors (Lipinski definition) is 7. The number of benzene rings is 1. The minimum Gasteiger partial charge on any atom is -0.368 e. The predicted octanol–water partition coefficient (Wildman–Crippen LogP) is 3.65.